The van der Waals surface area contributed by atoms with Crippen LogP contribution in [-0.4, -0.2) is 31.3 Å². The molecule has 1 atom stereocenters. The van der Waals surface area contributed by atoms with Crippen molar-refractivity contribution in [1.29, 1.82) is 0 Å². The number of halogens is 1. The lowest BCUT2D eigenvalue weighted by Crippen LogP contribution is -2.39. The standard InChI is InChI=1S/C13H17ClN2OS/c1-17-10-3-2-6-16(8-10)9-4-5-11(13(15)18)12(14)7-9/h4-5,7,10H,2-3,6,8H2,1H3,(H2,15,18). The summed E-state index contributed by atoms with van der Waals surface area (Å²) in [5, 5.41) is 0.611. The molecular weight excluding hydrogens is 268 g/mol. The first-order valence-electron chi connectivity index (χ1n) is 5.99. The highest BCUT2D eigenvalue weighted by molar-refractivity contribution is 7.80. The van der Waals surface area contributed by atoms with Crippen molar-refractivity contribution in [3.05, 3.63) is 28.8 Å². The minimum atomic E-state index is 0.299. The number of thiocarbonyl (C=S) groups is 1. The maximum atomic E-state index is 6.19. The van der Waals surface area contributed by atoms with Crippen LogP contribution in [0.15, 0.2) is 18.2 Å². The van der Waals surface area contributed by atoms with E-state index in [1.165, 1.54) is 0 Å². The molecule has 98 valence electrons. The van der Waals surface area contributed by atoms with E-state index in [2.05, 4.69) is 4.90 Å². The summed E-state index contributed by atoms with van der Waals surface area (Å²) in [4.78, 5) is 2.62. The SMILES string of the molecule is COC1CCCN(c2ccc(C(N)=S)c(Cl)c2)C1. The van der Waals surface area contributed by atoms with Gasteiger partial charge in [0.2, 0.25) is 0 Å². The molecule has 1 aliphatic heterocycles. The number of hydrogen-bond donors (Lipinski definition) is 1. The maximum absolute atomic E-state index is 6.19. The highest BCUT2D eigenvalue weighted by atomic mass is 35.5. The number of piperidine rings is 1. The third kappa shape index (κ3) is 2.94. The molecule has 0 bridgehead atoms. The summed E-state index contributed by atoms with van der Waals surface area (Å²) in [6.45, 7) is 1.93. The van der Waals surface area contributed by atoms with Crippen molar-refractivity contribution in [3.8, 4) is 0 Å². The molecule has 1 fully saturated rings. The van der Waals surface area contributed by atoms with Crippen LogP contribution in [0.2, 0.25) is 5.02 Å². The summed E-state index contributed by atoms with van der Waals surface area (Å²) in [6.07, 6.45) is 2.55. The second-order valence-electron chi connectivity index (χ2n) is 4.47. The average molecular weight is 285 g/mol. The lowest BCUT2D eigenvalue weighted by molar-refractivity contribution is 0.0893. The normalized spacial score (nSPS) is 19.9. The van der Waals surface area contributed by atoms with E-state index in [1.54, 1.807) is 7.11 Å². The van der Waals surface area contributed by atoms with Gasteiger partial charge in [0, 0.05) is 31.5 Å². The van der Waals surface area contributed by atoms with Gasteiger partial charge in [-0.15, -0.1) is 0 Å². The molecule has 0 aliphatic carbocycles. The fraction of sp³-hybridized carbons (Fsp3) is 0.462. The molecule has 1 heterocycles. The van der Waals surface area contributed by atoms with Crippen molar-refractivity contribution < 1.29 is 4.74 Å². The lowest BCUT2D eigenvalue weighted by atomic mass is 10.1. The molecule has 0 amide bonds. The smallest absolute Gasteiger partial charge is 0.105 e. The molecular formula is C13H17ClN2OS. The summed E-state index contributed by atoms with van der Waals surface area (Å²) in [7, 11) is 1.76. The zero-order valence-corrected chi connectivity index (χ0v) is 11.9. The Labute approximate surface area is 118 Å². The van der Waals surface area contributed by atoms with Gasteiger partial charge in [0.25, 0.3) is 0 Å². The lowest BCUT2D eigenvalue weighted by Gasteiger charge is -2.33. The van der Waals surface area contributed by atoms with E-state index in [9.17, 15) is 0 Å². The summed E-state index contributed by atoms with van der Waals surface area (Å²) in [5.41, 5.74) is 7.43. The largest absolute Gasteiger partial charge is 0.389 e. The number of nitrogens with two attached hydrogens (primary N) is 1. The Bertz CT molecular complexity index is 453. The molecule has 3 nitrogen and oxygen atoms in total. The van der Waals surface area contributed by atoms with E-state index in [-0.39, 0.29) is 0 Å². The molecule has 1 aromatic carbocycles. The van der Waals surface area contributed by atoms with Gasteiger partial charge in [0.05, 0.1) is 11.1 Å². The van der Waals surface area contributed by atoms with Crippen LogP contribution in [0.4, 0.5) is 5.69 Å². The van der Waals surface area contributed by atoms with Crippen molar-refractivity contribution in [2.75, 3.05) is 25.1 Å². The molecule has 2 N–H and O–H groups in total. The predicted octanol–water partition coefficient (Wildman–Crippen LogP) is 2.59. The number of benzene rings is 1. The van der Waals surface area contributed by atoms with Crippen molar-refractivity contribution >= 4 is 34.5 Å². The summed E-state index contributed by atoms with van der Waals surface area (Å²) in [5.74, 6) is 0. The molecule has 0 spiro atoms. The van der Waals surface area contributed by atoms with Crippen molar-refractivity contribution in [1.82, 2.24) is 0 Å². The molecule has 18 heavy (non-hydrogen) atoms. The fourth-order valence-corrected chi connectivity index (χ4v) is 2.78. The van der Waals surface area contributed by atoms with Crippen LogP contribution in [0.1, 0.15) is 18.4 Å². The monoisotopic (exact) mass is 284 g/mol. The third-order valence-electron chi connectivity index (χ3n) is 3.29. The number of hydrogen-bond acceptors (Lipinski definition) is 3. The van der Waals surface area contributed by atoms with E-state index in [0.717, 1.165) is 37.2 Å². The van der Waals surface area contributed by atoms with E-state index in [4.69, 9.17) is 34.3 Å². The number of rotatable bonds is 3. The van der Waals surface area contributed by atoms with Gasteiger partial charge in [0.1, 0.15) is 4.99 Å². The van der Waals surface area contributed by atoms with Gasteiger partial charge < -0.3 is 15.4 Å². The van der Waals surface area contributed by atoms with Crippen LogP contribution in [0, 0.1) is 0 Å². The number of methoxy groups -OCH3 is 1. The first-order chi connectivity index (χ1) is 8.61. The molecule has 5 heteroatoms. The van der Waals surface area contributed by atoms with Gasteiger partial charge in [-0.3, -0.25) is 0 Å². The second kappa shape index (κ2) is 5.87. The molecule has 0 saturated carbocycles. The van der Waals surface area contributed by atoms with E-state index >= 15 is 0 Å². The number of nitrogens with zero attached hydrogens (tertiary/aromatic N) is 1. The highest BCUT2D eigenvalue weighted by Gasteiger charge is 2.20. The fourth-order valence-electron chi connectivity index (χ4n) is 2.27. The number of ether oxygens (including phenoxy) is 1. The Morgan fingerprint density at radius 3 is 2.94 bits per heavy atom. The average Bonchev–Trinajstić information content (AvgIpc) is 2.38. The van der Waals surface area contributed by atoms with Crippen LogP contribution >= 0.6 is 23.8 Å². The predicted molar refractivity (Wildman–Crippen MR) is 79.6 cm³/mol. The van der Waals surface area contributed by atoms with Gasteiger partial charge in [-0.25, -0.2) is 0 Å². The Kier molecular flexibility index (Phi) is 4.43. The van der Waals surface area contributed by atoms with Crippen LogP contribution in [-0.2, 0) is 4.74 Å². The van der Waals surface area contributed by atoms with E-state index in [0.29, 0.717) is 16.1 Å². The molecule has 2 rings (SSSR count). The van der Waals surface area contributed by atoms with Gasteiger partial charge in [0.15, 0.2) is 0 Å². The van der Waals surface area contributed by atoms with Gasteiger partial charge in [-0.05, 0) is 31.0 Å². The van der Waals surface area contributed by atoms with Crippen molar-refractivity contribution in [3.63, 3.8) is 0 Å². The first-order valence-corrected chi connectivity index (χ1v) is 6.77. The first kappa shape index (κ1) is 13.6. The summed E-state index contributed by atoms with van der Waals surface area (Å²) < 4.78 is 5.42. The third-order valence-corrected chi connectivity index (χ3v) is 3.83. The Morgan fingerprint density at radius 1 is 1.56 bits per heavy atom. The van der Waals surface area contributed by atoms with Crippen LogP contribution in [0.3, 0.4) is 0 Å². The second-order valence-corrected chi connectivity index (χ2v) is 5.32. The summed E-state index contributed by atoms with van der Waals surface area (Å²) >= 11 is 11.1. The Balaban J connectivity index is 2.18. The van der Waals surface area contributed by atoms with Gasteiger partial charge in [-0.2, -0.15) is 0 Å². The van der Waals surface area contributed by atoms with Gasteiger partial charge >= 0.3 is 0 Å². The summed E-state index contributed by atoms with van der Waals surface area (Å²) in [6, 6.07) is 5.82. The van der Waals surface area contributed by atoms with Crippen molar-refractivity contribution in [2.24, 2.45) is 5.73 Å². The zero-order chi connectivity index (χ0) is 13.1. The molecule has 1 aliphatic rings. The molecule has 1 unspecified atom stereocenters. The minimum absolute atomic E-state index is 0.299. The van der Waals surface area contributed by atoms with Crippen LogP contribution < -0.4 is 10.6 Å². The minimum Gasteiger partial charge on any atom is -0.389 e. The zero-order valence-electron chi connectivity index (χ0n) is 10.4. The van der Waals surface area contributed by atoms with E-state index < -0.39 is 0 Å². The molecule has 1 saturated heterocycles. The Morgan fingerprint density at radius 2 is 2.33 bits per heavy atom. The maximum Gasteiger partial charge on any atom is 0.105 e. The Hall–Kier alpha value is -0.840. The van der Waals surface area contributed by atoms with Crippen LogP contribution in [0.5, 0.6) is 0 Å². The van der Waals surface area contributed by atoms with Crippen LogP contribution in [0.25, 0.3) is 0 Å². The van der Waals surface area contributed by atoms with Gasteiger partial charge in [-0.1, -0.05) is 23.8 Å². The van der Waals surface area contributed by atoms with Crippen molar-refractivity contribution in [2.45, 2.75) is 18.9 Å². The number of anilines is 1. The van der Waals surface area contributed by atoms with E-state index in [1.807, 2.05) is 18.2 Å². The molecule has 0 aromatic heterocycles. The molecule has 0 radical (unpaired) electrons. The topological polar surface area (TPSA) is 38.5 Å². The quantitative estimate of drug-likeness (QED) is 0.866. The molecule has 1 aromatic rings. The highest BCUT2D eigenvalue weighted by Crippen LogP contribution is 2.26.